The highest BCUT2D eigenvalue weighted by Gasteiger charge is 2.22. The highest BCUT2D eigenvalue weighted by atomic mass is 79.9. The van der Waals surface area contributed by atoms with E-state index in [2.05, 4.69) is 26.0 Å². The van der Waals surface area contributed by atoms with Gasteiger partial charge in [-0.1, -0.05) is 0 Å². The zero-order valence-electron chi connectivity index (χ0n) is 9.49. The summed E-state index contributed by atoms with van der Waals surface area (Å²) in [4.78, 5) is 1.20. The van der Waals surface area contributed by atoms with Gasteiger partial charge >= 0.3 is 0 Å². The summed E-state index contributed by atoms with van der Waals surface area (Å²) in [7, 11) is -3.35. The first-order valence-corrected chi connectivity index (χ1v) is 8.54. The van der Waals surface area contributed by atoms with Crippen molar-refractivity contribution in [3.63, 3.8) is 0 Å². The molecule has 0 radical (unpaired) electrons. The first-order chi connectivity index (χ1) is 7.99. The van der Waals surface area contributed by atoms with Gasteiger partial charge in [-0.2, -0.15) is 0 Å². The zero-order valence-corrected chi connectivity index (χ0v) is 12.7. The highest BCUT2D eigenvalue weighted by Crippen LogP contribution is 2.29. The van der Waals surface area contributed by atoms with Crippen molar-refractivity contribution in [1.82, 2.24) is 10.0 Å². The Hall–Kier alpha value is 0.0500. The van der Waals surface area contributed by atoms with Crippen molar-refractivity contribution in [2.24, 2.45) is 5.92 Å². The number of thiophene rings is 1. The summed E-state index contributed by atoms with van der Waals surface area (Å²) in [6.07, 6.45) is 1.04. The minimum absolute atomic E-state index is 0.389. The molecule has 0 saturated carbocycles. The van der Waals surface area contributed by atoms with Gasteiger partial charge in [0.05, 0.1) is 8.68 Å². The van der Waals surface area contributed by atoms with Crippen LogP contribution in [0.3, 0.4) is 0 Å². The van der Waals surface area contributed by atoms with Gasteiger partial charge in [0.15, 0.2) is 0 Å². The van der Waals surface area contributed by atoms with Crippen molar-refractivity contribution in [3.05, 3.63) is 14.7 Å². The van der Waals surface area contributed by atoms with Gasteiger partial charge < -0.3 is 5.32 Å². The van der Waals surface area contributed by atoms with E-state index in [1.165, 1.54) is 11.3 Å². The normalized spacial score (nSPS) is 20.9. The number of aryl methyl sites for hydroxylation is 1. The van der Waals surface area contributed by atoms with Crippen LogP contribution in [-0.2, 0) is 10.0 Å². The molecule has 0 aromatic carbocycles. The Morgan fingerprint density at radius 1 is 1.65 bits per heavy atom. The van der Waals surface area contributed by atoms with Crippen LogP contribution in [0.15, 0.2) is 14.7 Å². The number of halogens is 1. The molecule has 96 valence electrons. The lowest BCUT2D eigenvalue weighted by Crippen LogP contribution is -2.30. The Morgan fingerprint density at radius 3 is 2.94 bits per heavy atom. The Bertz CT molecular complexity index is 492. The molecule has 1 aliphatic rings. The quantitative estimate of drug-likeness (QED) is 0.878. The first-order valence-electron chi connectivity index (χ1n) is 5.45. The van der Waals surface area contributed by atoms with Crippen LogP contribution in [-0.4, -0.2) is 28.1 Å². The van der Waals surface area contributed by atoms with E-state index in [0.29, 0.717) is 17.4 Å². The minimum atomic E-state index is -3.35. The van der Waals surface area contributed by atoms with E-state index in [1.54, 1.807) is 6.07 Å². The van der Waals surface area contributed by atoms with E-state index in [4.69, 9.17) is 0 Å². The molecule has 4 nitrogen and oxygen atoms in total. The molecule has 1 saturated heterocycles. The molecule has 2 rings (SSSR count). The van der Waals surface area contributed by atoms with Gasteiger partial charge in [0, 0.05) is 11.4 Å². The van der Waals surface area contributed by atoms with Crippen LogP contribution in [0, 0.1) is 12.8 Å². The van der Waals surface area contributed by atoms with Gasteiger partial charge in [0.2, 0.25) is 10.0 Å². The SMILES string of the molecule is Cc1sc(Br)cc1S(=O)(=O)NCC1CCNC1. The van der Waals surface area contributed by atoms with Crippen LogP contribution in [0.4, 0.5) is 0 Å². The summed E-state index contributed by atoms with van der Waals surface area (Å²) in [5.41, 5.74) is 0. The van der Waals surface area contributed by atoms with Crippen LogP contribution in [0.1, 0.15) is 11.3 Å². The maximum Gasteiger partial charge on any atom is 0.241 e. The van der Waals surface area contributed by atoms with Crippen LogP contribution >= 0.6 is 27.3 Å². The fraction of sp³-hybridized carbons (Fsp3) is 0.600. The fourth-order valence-corrected chi connectivity index (χ4v) is 5.42. The van der Waals surface area contributed by atoms with Crippen LogP contribution in [0.5, 0.6) is 0 Å². The molecule has 17 heavy (non-hydrogen) atoms. The predicted octanol–water partition coefficient (Wildman–Crippen LogP) is 1.71. The van der Waals surface area contributed by atoms with E-state index in [0.717, 1.165) is 28.2 Å². The lowest BCUT2D eigenvalue weighted by Gasteiger charge is -2.10. The van der Waals surface area contributed by atoms with Gasteiger partial charge in [-0.3, -0.25) is 0 Å². The smallest absolute Gasteiger partial charge is 0.241 e. The lowest BCUT2D eigenvalue weighted by atomic mass is 10.1. The Kier molecular flexibility index (Phi) is 4.25. The number of hydrogen-bond donors (Lipinski definition) is 2. The number of rotatable bonds is 4. The van der Waals surface area contributed by atoms with Crippen LogP contribution < -0.4 is 10.0 Å². The lowest BCUT2D eigenvalue weighted by molar-refractivity contribution is 0.538. The number of hydrogen-bond acceptors (Lipinski definition) is 4. The second-order valence-corrected chi connectivity index (χ2v) is 8.55. The number of nitrogens with one attached hydrogen (secondary N) is 2. The molecule has 1 unspecified atom stereocenters. The predicted molar refractivity (Wildman–Crippen MR) is 72.9 cm³/mol. The number of sulfonamides is 1. The van der Waals surface area contributed by atoms with Crippen LogP contribution in [0.2, 0.25) is 0 Å². The Labute approximate surface area is 114 Å². The van der Waals surface area contributed by atoms with Crippen molar-refractivity contribution in [3.8, 4) is 0 Å². The van der Waals surface area contributed by atoms with Gasteiger partial charge in [0.1, 0.15) is 0 Å². The van der Waals surface area contributed by atoms with Gasteiger partial charge in [-0.25, -0.2) is 13.1 Å². The molecule has 1 aromatic rings. The monoisotopic (exact) mass is 338 g/mol. The van der Waals surface area contributed by atoms with E-state index in [1.807, 2.05) is 6.92 Å². The van der Waals surface area contributed by atoms with Crippen molar-refractivity contribution in [2.45, 2.75) is 18.2 Å². The summed E-state index contributed by atoms with van der Waals surface area (Å²) >= 11 is 4.75. The second kappa shape index (κ2) is 5.36. The van der Waals surface area contributed by atoms with Gasteiger partial charge in [-0.15, -0.1) is 11.3 Å². The van der Waals surface area contributed by atoms with Gasteiger partial charge in [0.25, 0.3) is 0 Å². The second-order valence-electron chi connectivity index (χ2n) is 4.18. The Morgan fingerprint density at radius 2 is 2.41 bits per heavy atom. The van der Waals surface area contributed by atoms with Crippen LogP contribution in [0.25, 0.3) is 0 Å². The molecule has 0 bridgehead atoms. The van der Waals surface area contributed by atoms with Crippen molar-refractivity contribution >= 4 is 37.3 Å². The first kappa shape index (κ1) is 13.5. The molecule has 1 atom stereocenters. The standard InChI is InChI=1S/C10H15BrN2O2S2/c1-7-9(4-10(11)16-7)17(14,15)13-6-8-2-3-12-5-8/h4,8,12-13H,2-3,5-6H2,1H3. The van der Waals surface area contributed by atoms with Crippen molar-refractivity contribution in [1.29, 1.82) is 0 Å². The molecule has 7 heteroatoms. The molecular weight excluding hydrogens is 324 g/mol. The van der Waals surface area contributed by atoms with Crippen molar-refractivity contribution < 1.29 is 8.42 Å². The molecule has 0 aliphatic carbocycles. The summed E-state index contributed by atoms with van der Waals surface area (Å²) in [5, 5.41) is 3.22. The van der Waals surface area contributed by atoms with Crippen molar-refractivity contribution in [2.75, 3.05) is 19.6 Å². The third kappa shape index (κ3) is 3.29. The van der Waals surface area contributed by atoms with E-state index >= 15 is 0 Å². The van der Waals surface area contributed by atoms with E-state index in [-0.39, 0.29) is 0 Å². The topological polar surface area (TPSA) is 58.2 Å². The summed E-state index contributed by atoms with van der Waals surface area (Å²) in [5.74, 6) is 0.409. The third-order valence-electron chi connectivity index (χ3n) is 2.86. The molecule has 2 N–H and O–H groups in total. The molecular formula is C10H15BrN2O2S2. The molecule has 0 amide bonds. The fourth-order valence-electron chi connectivity index (χ4n) is 1.89. The largest absolute Gasteiger partial charge is 0.316 e. The molecule has 1 aromatic heterocycles. The molecule has 1 fully saturated rings. The molecule has 2 heterocycles. The van der Waals surface area contributed by atoms with E-state index in [9.17, 15) is 8.42 Å². The summed E-state index contributed by atoms with van der Waals surface area (Å²) < 4.78 is 27.7. The third-order valence-corrected chi connectivity index (χ3v) is 6.09. The maximum atomic E-state index is 12.1. The molecule has 0 spiro atoms. The maximum absolute atomic E-state index is 12.1. The average Bonchev–Trinajstić information content (AvgIpc) is 2.85. The summed E-state index contributed by atoms with van der Waals surface area (Å²) in [6.45, 7) is 4.22. The molecule has 1 aliphatic heterocycles. The zero-order chi connectivity index (χ0) is 12.5. The Balaban J connectivity index is 2.05. The van der Waals surface area contributed by atoms with E-state index < -0.39 is 10.0 Å². The minimum Gasteiger partial charge on any atom is -0.316 e. The highest BCUT2D eigenvalue weighted by molar-refractivity contribution is 9.11. The average molecular weight is 339 g/mol. The van der Waals surface area contributed by atoms with Gasteiger partial charge in [-0.05, 0) is 54.3 Å². The summed E-state index contributed by atoms with van der Waals surface area (Å²) in [6, 6.07) is 1.66.